The molecule has 2 aromatic rings. The molecule has 90 valence electrons. The van der Waals surface area contributed by atoms with Crippen LogP contribution in [0.1, 0.15) is 23.4 Å². The van der Waals surface area contributed by atoms with Crippen LogP contribution in [0.2, 0.25) is 0 Å². The number of ether oxygens (including phenoxy) is 1. The molecule has 0 fully saturated rings. The highest BCUT2D eigenvalue weighted by Gasteiger charge is 2.02. The molecule has 0 radical (unpaired) electrons. The van der Waals surface area contributed by atoms with E-state index in [1.807, 2.05) is 19.1 Å². The average molecular weight is 248 g/mol. The molecule has 0 aromatic carbocycles. The average Bonchev–Trinajstić information content (AvgIpc) is 2.82. The fourth-order valence-corrected chi connectivity index (χ4v) is 2.19. The molecule has 17 heavy (non-hydrogen) atoms. The molecule has 0 aliphatic rings. The minimum Gasteiger partial charge on any atom is -0.477 e. The summed E-state index contributed by atoms with van der Waals surface area (Å²) in [7, 11) is 0. The first-order valence-electron chi connectivity index (χ1n) is 5.62. The summed E-state index contributed by atoms with van der Waals surface area (Å²) in [5, 5.41) is 2.07. The third-order valence-electron chi connectivity index (χ3n) is 2.46. The van der Waals surface area contributed by atoms with Crippen LogP contribution < -0.4 is 10.5 Å². The molecule has 2 N–H and O–H groups in total. The van der Waals surface area contributed by atoms with Crippen molar-refractivity contribution in [2.45, 2.75) is 19.4 Å². The Bertz CT molecular complexity index is 454. The molecule has 1 atom stereocenters. The minimum atomic E-state index is 0.0117. The maximum Gasteiger partial charge on any atom is 0.213 e. The van der Waals surface area contributed by atoms with Gasteiger partial charge in [0.1, 0.15) is 0 Å². The van der Waals surface area contributed by atoms with E-state index in [2.05, 4.69) is 22.5 Å². The number of pyridine rings is 1. The van der Waals surface area contributed by atoms with Crippen molar-refractivity contribution in [1.29, 1.82) is 0 Å². The Morgan fingerprint density at radius 3 is 3.06 bits per heavy atom. The van der Waals surface area contributed by atoms with Gasteiger partial charge >= 0.3 is 0 Å². The van der Waals surface area contributed by atoms with Crippen LogP contribution in [-0.2, 0) is 6.42 Å². The van der Waals surface area contributed by atoms with Crippen LogP contribution in [0.3, 0.4) is 0 Å². The van der Waals surface area contributed by atoms with E-state index in [1.165, 1.54) is 4.88 Å². The maximum atomic E-state index is 5.81. The monoisotopic (exact) mass is 248 g/mol. The van der Waals surface area contributed by atoms with Gasteiger partial charge in [0.05, 0.1) is 6.61 Å². The van der Waals surface area contributed by atoms with Crippen LogP contribution >= 0.6 is 11.3 Å². The Labute approximate surface area is 105 Å². The summed E-state index contributed by atoms with van der Waals surface area (Å²) in [5.74, 6) is 0.649. The number of rotatable bonds is 5. The lowest BCUT2D eigenvalue weighted by Crippen LogP contribution is -2.07. The van der Waals surface area contributed by atoms with E-state index in [1.54, 1.807) is 17.5 Å². The Morgan fingerprint density at radius 1 is 1.47 bits per heavy atom. The molecule has 0 bridgehead atoms. The van der Waals surface area contributed by atoms with E-state index in [9.17, 15) is 0 Å². The second-order valence-electron chi connectivity index (χ2n) is 3.89. The van der Waals surface area contributed by atoms with Crippen molar-refractivity contribution in [2.24, 2.45) is 5.73 Å². The molecule has 2 heterocycles. The lowest BCUT2D eigenvalue weighted by molar-refractivity contribution is 0.310. The van der Waals surface area contributed by atoms with E-state index in [4.69, 9.17) is 10.5 Å². The van der Waals surface area contributed by atoms with Gasteiger partial charge in [-0.15, -0.1) is 11.3 Å². The number of nitrogens with two attached hydrogens (primary N) is 1. The lowest BCUT2D eigenvalue weighted by Gasteiger charge is -2.08. The molecule has 3 nitrogen and oxygen atoms in total. The van der Waals surface area contributed by atoms with Gasteiger partial charge < -0.3 is 10.5 Å². The summed E-state index contributed by atoms with van der Waals surface area (Å²) in [4.78, 5) is 5.49. The van der Waals surface area contributed by atoms with Gasteiger partial charge in [0, 0.05) is 29.6 Å². The highest BCUT2D eigenvalue weighted by Crippen LogP contribution is 2.15. The predicted molar refractivity (Wildman–Crippen MR) is 70.4 cm³/mol. The van der Waals surface area contributed by atoms with Crippen LogP contribution in [0.25, 0.3) is 0 Å². The number of nitrogens with zero attached hydrogens (tertiary/aromatic N) is 1. The summed E-state index contributed by atoms with van der Waals surface area (Å²) in [6, 6.07) is 7.99. The maximum absolute atomic E-state index is 5.81. The van der Waals surface area contributed by atoms with E-state index in [0.29, 0.717) is 12.5 Å². The van der Waals surface area contributed by atoms with E-state index in [0.717, 1.165) is 12.0 Å². The topological polar surface area (TPSA) is 48.1 Å². The molecular formula is C13H16N2OS. The lowest BCUT2D eigenvalue weighted by atomic mass is 10.1. The smallest absolute Gasteiger partial charge is 0.213 e. The van der Waals surface area contributed by atoms with Gasteiger partial charge in [-0.2, -0.15) is 0 Å². The molecule has 0 saturated carbocycles. The van der Waals surface area contributed by atoms with Crippen LogP contribution in [0, 0.1) is 0 Å². The predicted octanol–water partition coefficient (Wildman–Crippen LogP) is 2.78. The zero-order valence-corrected chi connectivity index (χ0v) is 10.6. The minimum absolute atomic E-state index is 0.0117. The molecular weight excluding hydrogens is 232 g/mol. The zero-order chi connectivity index (χ0) is 12.1. The Hall–Kier alpha value is -1.39. The first-order chi connectivity index (χ1) is 8.25. The SMILES string of the molecule is CC(N)c1ccnc(OCCc2cccs2)c1. The van der Waals surface area contributed by atoms with Crippen molar-refractivity contribution in [2.75, 3.05) is 6.61 Å². The van der Waals surface area contributed by atoms with Gasteiger partial charge in [0.15, 0.2) is 0 Å². The summed E-state index contributed by atoms with van der Waals surface area (Å²) in [5.41, 5.74) is 6.85. The van der Waals surface area contributed by atoms with Crippen molar-refractivity contribution in [3.05, 3.63) is 46.3 Å². The molecule has 0 aliphatic heterocycles. The summed E-state index contributed by atoms with van der Waals surface area (Å²) in [6.45, 7) is 2.60. The number of thiophene rings is 1. The fraction of sp³-hybridized carbons (Fsp3) is 0.308. The quantitative estimate of drug-likeness (QED) is 0.885. The van der Waals surface area contributed by atoms with Crippen molar-refractivity contribution < 1.29 is 4.74 Å². The van der Waals surface area contributed by atoms with Crippen molar-refractivity contribution in [3.63, 3.8) is 0 Å². The second-order valence-corrected chi connectivity index (χ2v) is 4.93. The highest BCUT2D eigenvalue weighted by atomic mass is 32.1. The molecule has 2 rings (SSSR count). The van der Waals surface area contributed by atoms with Crippen LogP contribution in [0.5, 0.6) is 5.88 Å². The van der Waals surface area contributed by atoms with Gasteiger partial charge in [-0.05, 0) is 30.0 Å². The standard InChI is InChI=1S/C13H16N2OS/c1-10(14)11-4-6-15-13(9-11)16-7-5-12-3-2-8-17-12/h2-4,6,8-10H,5,7,14H2,1H3. The van der Waals surface area contributed by atoms with Crippen molar-refractivity contribution in [3.8, 4) is 5.88 Å². The van der Waals surface area contributed by atoms with Gasteiger partial charge in [-0.25, -0.2) is 4.98 Å². The number of hydrogen-bond donors (Lipinski definition) is 1. The van der Waals surface area contributed by atoms with Crippen LogP contribution in [0.4, 0.5) is 0 Å². The third-order valence-corrected chi connectivity index (χ3v) is 3.40. The fourth-order valence-electron chi connectivity index (χ4n) is 1.50. The number of aromatic nitrogens is 1. The van der Waals surface area contributed by atoms with Gasteiger partial charge in [-0.1, -0.05) is 6.07 Å². The molecule has 4 heteroatoms. The van der Waals surface area contributed by atoms with E-state index >= 15 is 0 Å². The molecule has 0 saturated heterocycles. The first kappa shape index (κ1) is 12.1. The zero-order valence-electron chi connectivity index (χ0n) is 9.80. The molecule has 0 aliphatic carbocycles. The summed E-state index contributed by atoms with van der Waals surface area (Å²) < 4.78 is 5.61. The third kappa shape index (κ3) is 3.54. The van der Waals surface area contributed by atoms with Gasteiger partial charge in [0.2, 0.25) is 5.88 Å². The van der Waals surface area contributed by atoms with Crippen LogP contribution in [0.15, 0.2) is 35.8 Å². The van der Waals surface area contributed by atoms with Crippen LogP contribution in [-0.4, -0.2) is 11.6 Å². The summed E-state index contributed by atoms with van der Waals surface area (Å²) in [6.07, 6.45) is 2.65. The Morgan fingerprint density at radius 2 is 2.35 bits per heavy atom. The van der Waals surface area contributed by atoms with Gasteiger partial charge in [-0.3, -0.25) is 0 Å². The van der Waals surface area contributed by atoms with E-state index < -0.39 is 0 Å². The largest absolute Gasteiger partial charge is 0.477 e. The van der Waals surface area contributed by atoms with Crippen molar-refractivity contribution in [1.82, 2.24) is 4.98 Å². The van der Waals surface area contributed by atoms with Gasteiger partial charge in [0.25, 0.3) is 0 Å². The highest BCUT2D eigenvalue weighted by molar-refractivity contribution is 7.09. The summed E-state index contributed by atoms with van der Waals surface area (Å²) >= 11 is 1.75. The van der Waals surface area contributed by atoms with E-state index in [-0.39, 0.29) is 6.04 Å². The normalized spacial score (nSPS) is 12.4. The Kier molecular flexibility index (Phi) is 4.12. The molecule has 1 unspecified atom stereocenters. The molecule has 0 spiro atoms. The second kappa shape index (κ2) is 5.80. The molecule has 2 aromatic heterocycles. The first-order valence-corrected chi connectivity index (χ1v) is 6.50. The number of hydrogen-bond acceptors (Lipinski definition) is 4. The molecule has 0 amide bonds. The Balaban J connectivity index is 1.88. The van der Waals surface area contributed by atoms with Crippen molar-refractivity contribution >= 4 is 11.3 Å².